The molecule has 0 spiro atoms. The summed E-state index contributed by atoms with van der Waals surface area (Å²) >= 11 is 0. The number of nitrogens with zero attached hydrogens (tertiary/aromatic N) is 2. The maximum absolute atomic E-state index is 12.7. The van der Waals surface area contributed by atoms with Crippen LogP contribution in [0.3, 0.4) is 0 Å². The minimum atomic E-state index is -5.27. The van der Waals surface area contributed by atoms with E-state index in [9.17, 15) is 21.6 Å². The number of piperidine rings is 1. The van der Waals surface area contributed by atoms with Crippen molar-refractivity contribution in [1.29, 1.82) is 0 Å². The standard InChI is InChI=1S/C18H27F3N4O3S/c1-13(15-6-4-5-7-16(15)28-3)12-23-17(22-2)24-14-8-10-25(11-9-14)29(26,27)18(19,20)21/h4-7,13-14H,8-12H2,1-3H3,(H2,22,23,24). The molecule has 1 atom stereocenters. The number of nitrogens with one attached hydrogen (secondary N) is 2. The smallest absolute Gasteiger partial charge is 0.496 e. The predicted molar refractivity (Wildman–Crippen MR) is 105 cm³/mol. The largest absolute Gasteiger partial charge is 0.511 e. The first kappa shape index (κ1) is 23.3. The third-order valence-electron chi connectivity index (χ3n) is 4.90. The number of methoxy groups -OCH3 is 1. The van der Waals surface area contributed by atoms with Crippen LogP contribution in [0.4, 0.5) is 13.2 Å². The first-order chi connectivity index (χ1) is 13.6. The van der Waals surface area contributed by atoms with Crippen LogP contribution in [0.1, 0.15) is 31.2 Å². The van der Waals surface area contributed by atoms with Gasteiger partial charge in [0.05, 0.1) is 7.11 Å². The Morgan fingerprint density at radius 2 is 1.93 bits per heavy atom. The summed E-state index contributed by atoms with van der Waals surface area (Å²) in [5, 5.41) is 6.36. The van der Waals surface area contributed by atoms with Gasteiger partial charge < -0.3 is 15.4 Å². The molecule has 164 valence electrons. The van der Waals surface area contributed by atoms with Crippen LogP contribution in [0.25, 0.3) is 0 Å². The maximum Gasteiger partial charge on any atom is 0.511 e. The average Bonchev–Trinajstić information content (AvgIpc) is 2.70. The molecule has 1 aromatic carbocycles. The molecule has 2 rings (SSSR count). The highest BCUT2D eigenvalue weighted by molar-refractivity contribution is 7.90. The Morgan fingerprint density at radius 1 is 1.31 bits per heavy atom. The van der Waals surface area contributed by atoms with Crippen molar-refractivity contribution >= 4 is 16.0 Å². The number of hydrogen-bond donors (Lipinski definition) is 2. The average molecular weight is 437 g/mol. The molecule has 11 heteroatoms. The number of hydrogen-bond acceptors (Lipinski definition) is 4. The maximum atomic E-state index is 12.7. The van der Waals surface area contributed by atoms with E-state index in [0.717, 1.165) is 11.3 Å². The van der Waals surface area contributed by atoms with Crippen molar-refractivity contribution in [3.63, 3.8) is 0 Å². The Balaban J connectivity index is 1.87. The van der Waals surface area contributed by atoms with E-state index in [1.54, 1.807) is 14.2 Å². The highest BCUT2D eigenvalue weighted by Crippen LogP contribution is 2.29. The Morgan fingerprint density at radius 3 is 2.48 bits per heavy atom. The summed E-state index contributed by atoms with van der Waals surface area (Å²) in [5.74, 6) is 1.44. The summed E-state index contributed by atoms with van der Waals surface area (Å²) in [6.45, 7) is 2.24. The predicted octanol–water partition coefficient (Wildman–Crippen LogP) is 2.28. The number of ether oxygens (including phenoxy) is 1. The normalized spacial score (nSPS) is 18.3. The first-order valence-corrected chi connectivity index (χ1v) is 10.7. The van der Waals surface area contributed by atoms with E-state index in [4.69, 9.17) is 4.74 Å². The van der Waals surface area contributed by atoms with Gasteiger partial charge in [-0.1, -0.05) is 25.1 Å². The van der Waals surface area contributed by atoms with Crippen molar-refractivity contribution in [1.82, 2.24) is 14.9 Å². The fourth-order valence-corrected chi connectivity index (χ4v) is 4.19. The molecule has 1 unspecified atom stereocenters. The van der Waals surface area contributed by atoms with E-state index in [2.05, 4.69) is 15.6 Å². The number of benzene rings is 1. The lowest BCUT2D eigenvalue weighted by Crippen LogP contribution is -2.52. The second-order valence-corrected chi connectivity index (χ2v) is 8.79. The molecule has 0 saturated carbocycles. The van der Waals surface area contributed by atoms with Gasteiger partial charge in [-0.15, -0.1) is 0 Å². The van der Waals surface area contributed by atoms with Gasteiger partial charge in [-0.25, -0.2) is 8.42 Å². The summed E-state index contributed by atoms with van der Waals surface area (Å²) in [5.41, 5.74) is -4.22. The van der Waals surface area contributed by atoms with Crippen LogP contribution in [0.15, 0.2) is 29.3 Å². The quantitative estimate of drug-likeness (QED) is 0.528. The van der Waals surface area contributed by atoms with Crippen LogP contribution < -0.4 is 15.4 Å². The molecule has 0 bridgehead atoms. The molecule has 1 aliphatic heterocycles. The number of rotatable bonds is 6. The van der Waals surface area contributed by atoms with E-state index in [0.29, 0.717) is 16.8 Å². The highest BCUT2D eigenvalue weighted by atomic mass is 32.2. The number of alkyl halides is 3. The molecule has 0 amide bonds. The molecule has 1 aromatic rings. The van der Waals surface area contributed by atoms with E-state index in [-0.39, 0.29) is 37.9 Å². The molecule has 29 heavy (non-hydrogen) atoms. The lowest BCUT2D eigenvalue weighted by Gasteiger charge is -2.32. The van der Waals surface area contributed by atoms with Crippen LogP contribution in [0, 0.1) is 0 Å². The molecule has 0 aliphatic carbocycles. The monoisotopic (exact) mass is 436 g/mol. The van der Waals surface area contributed by atoms with E-state index < -0.39 is 15.5 Å². The summed E-state index contributed by atoms with van der Waals surface area (Å²) in [6.07, 6.45) is 0.524. The van der Waals surface area contributed by atoms with E-state index in [1.165, 1.54) is 0 Å². The SMILES string of the molecule is CN=C(NCC(C)c1ccccc1OC)NC1CCN(S(=O)(=O)C(F)(F)F)CC1. The fourth-order valence-electron chi connectivity index (χ4n) is 3.21. The topological polar surface area (TPSA) is 83.0 Å². The van der Waals surface area contributed by atoms with Gasteiger partial charge >= 0.3 is 15.5 Å². The van der Waals surface area contributed by atoms with Crippen molar-refractivity contribution in [2.45, 2.75) is 37.2 Å². The zero-order valence-corrected chi connectivity index (χ0v) is 17.5. The van der Waals surface area contributed by atoms with Crippen molar-refractivity contribution in [3.8, 4) is 5.75 Å². The van der Waals surface area contributed by atoms with Crippen molar-refractivity contribution < 1.29 is 26.3 Å². The van der Waals surface area contributed by atoms with E-state index >= 15 is 0 Å². The number of guanidine groups is 1. The molecule has 1 saturated heterocycles. The summed E-state index contributed by atoms with van der Waals surface area (Å²) in [7, 11) is -2.05. The zero-order chi connectivity index (χ0) is 21.7. The lowest BCUT2D eigenvalue weighted by molar-refractivity contribution is -0.0494. The van der Waals surface area contributed by atoms with Gasteiger partial charge in [-0.2, -0.15) is 17.5 Å². The van der Waals surface area contributed by atoms with Gasteiger partial charge in [-0.3, -0.25) is 4.99 Å². The molecule has 2 N–H and O–H groups in total. The molecular formula is C18H27F3N4O3S. The molecular weight excluding hydrogens is 409 g/mol. The van der Waals surface area contributed by atoms with Gasteiger partial charge in [-0.05, 0) is 24.5 Å². The molecule has 1 fully saturated rings. The molecule has 1 heterocycles. The number of halogens is 3. The van der Waals surface area contributed by atoms with Crippen LogP contribution in [-0.2, 0) is 10.0 Å². The van der Waals surface area contributed by atoms with Gasteiger partial charge in [0, 0.05) is 38.6 Å². The molecule has 7 nitrogen and oxygen atoms in total. The Bertz CT molecular complexity index is 807. The van der Waals surface area contributed by atoms with Crippen LogP contribution >= 0.6 is 0 Å². The van der Waals surface area contributed by atoms with Crippen molar-refractivity contribution in [3.05, 3.63) is 29.8 Å². The van der Waals surface area contributed by atoms with Gasteiger partial charge in [0.15, 0.2) is 5.96 Å². The molecule has 1 aliphatic rings. The Labute approximate surface area is 169 Å². The second kappa shape index (κ2) is 9.66. The van der Waals surface area contributed by atoms with Crippen LogP contribution in [-0.4, -0.2) is 64.0 Å². The summed E-state index contributed by atoms with van der Waals surface area (Å²) in [4.78, 5) is 4.15. The van der Waals surface area contributed by atoms with Gasteiger partial charge in [0.2, 0.25) is 0 Å². The Kier molecular flexibility index (Phi) is 7.75. The zero-order valence-electron chi connectivity index (χ0n) is 16.7. The Hall–Kier alpha value is -2.01. The van der Waals surface area contributed by atoms with Gasteiger partial charge in [0.25, 0.3) is 0 Å². The summed E-state index contributed by atoms with van der Waals surface area (Å²) < 4.78 is 66.8. The minimum absolute atomic E-state index is 0.128. The number of aliphatic imine (C=N–C) groups is 1. The molecule has 0 radical (unpaired) electrons. The van der Waals surface area contributed by atoms with E-state index in [1.807, 2.05) is 31.2 Å². The van der Waals surface area contributed by atoms with Crippen LogP contribution in [0.5, 0.6) is 5.75 Å². The second-order valence-electron chi connectivity index (χ2n) is 6.86. The highest BCUT2D eigenvalue weighted by Gasteiger charge is 2.50. The third kappa shape index (κ3) is 5.75. The fraction of sp³-hybridized carbons (Fsp3) is 0.611. The van der Waals surface area contributed by atoms with Crippen LogP contribution in [0.2, 0.25) is 0 Å². The summed E-state index contributed by atoms with van der Waals surface area (Å²) in [6, 6.07) is 7.54. The third-order valence-corrected chi connectivity index (χ3v) is 6.53. The van der Waals surface area contributed by atoms with Crippen molar-refractivity contribution in [2.24, 2.45) is 4.99 Å². The number of sulfonamides is 1. The lowest BCUT2D eigenvalue weighted by atomic mass is 10.00. The number of para-hydroxylation sites is 1. The first-order valence-electron chi connectivity index (χ1n) is 9.26. The van der Waals surface area contributed by atoms with Gasteiger partial charge in [0.1, 0.15) is 5.75 Å². The minimum Gasteiger partial charge on any atom is -0.496 e. The molecule has 0 aromatic heterocycles. The van der Waals surface area contributed by atoms with Crippen molar-refractivity contribution in [2.75, 3.05) is 33.8 Å².